The summed E-state index contributed by atoms with van der Waals surface area (Å²) >= 11 is 0. The molecule has 1 atom stereocenters. The van der Waals surface area contributed by atoms with E-state index in [1.165, 1.54) is 0 Å². The van der Waals surface area contributed by atoms with E-state index in [1.807, 2.05) is 23.2 Å². The fraction of sp³-hybridized carbons (Fsp3) is 0.176. The molecule has 3 aromatic rings. The first-order valence-corrected chi connectivity index (χ1v) is 9.02. The molecule has 24 heavy (non-hydrogen) atoms. The van der Waals surface area contributed by atoms with Crippen LogP contribution in [0.15, 0.2) is 46.7 Å². The summed E-state index contributed by atoms with van der Waals surface area (Å²) in [5.41, 5.74) is 2.73. The smallest absolute Gasteiger partial charge is 0.145 e. The Labute approximate surface area is 140 Å². The number of nitrogens with zero attached hydrogens (tertiary/aromatic N) is 3. The van der Waals surface area contributed by atoms with Gasteiger partial charge in [0.2, 0.25) is 0 Å². The van der Waals surface area contributed by atoms with Gasteiger partial charge in [-0.25, -0.2) is 4.98 Å². The van der Waals surface area contributed by atoms with E-state index < -0.39 is 10.8 Å². The third-order valence-corrected chi connectivity index (χ3v) is 4.96. The molecule has 122 valence electrons. The van der Waals surface area contributed by atoms with Gasteiger partial charge in [0.15, 0.2) is 0 Å². The first-order chi connectivity index (χ1) is 11.7. The van der Waals surface area contributed by atoms with Crippen LogP contribution in [0.25, 0.3) is 17.1 Å². The highest BCUT2D eigenvalue weighted by atomic mass is 32.2. The molecule has 4 rings (SSSR count). The normalized spacial score (nSPS) is 14.7. The summed E-state index contributed by atoms with van der Waals surface area (Å²) in [5, 5.41) is 8.54. The maximum absolute atomic E-state index is 11.7. The number of imidazole rings is 1. The van der Waals surface area contributed by atoms with Crippen molar-refractivity contribution in [3.63, 3.8) is 0 Å². The van der Waals surface area contributed by atoms with Crippen molar-refractivity contribution in [2.75, 3.05) is 24.9 Å². The van der Waals surface area contributed by atoms with E-state index in [1.54, 1.807) is 25.8 Å². The van der Waals surface area contributed by atoms with E-state index in [0.717, 1.165) is 32.2 Å². The summed E-state index contributed by atoms with van der Waals surface area (Å²) in [6.07, 6.45) is 5.45. The maximum atomic E-state index is 11.7. The van der Waals surface area contributed by atoms with Gasteiger partial charge in [0.05, 0.1) is 36.4 Å². The molecule has 0 amide bonds. The van der Waals surface area contributed by atoms with Gasteiger partial charge in [-0.2, -0.15) is 5.10 Å². The van der Waals surface area contributed by atoms with Crippen LogP contribution < -0.4 is 20.3 Å². The highest BCUT2D eigenvalue weighted by molar-refractivity contribution is 7.84. The summed E-state index contributed by atoms with van der Waals surface area (Å²) in [4.78, 5) is 8.13. The number of rotatable bonds is 3. The highest BCUT2D eigenvalue weighted by Crippen LogP contribution is 2.30. The molecule has 0 saturated heterocycles. The Hall–Kier alpha value is -2.67. The Morgan fingerprint density at radius 1 is 1.29 bits per heavy atom. The predicted molar refractivity (Wildman–Crippen MR) is 94.0 cm³/mol. The van der Waals surface area contributed by atoms with Crippen molar-refractivity contribution in [3.05, 3.63) is 47.2 Å². The number of H-pyrrole nitrogens is 1. The minimum Gasteiger partial charge on any atom is -0.494 e. The Kier molecular flexibility index (Phi) is 3.57. The molecular weight excluding hydrogens is 324 g/mol. The monoisotopic (exact) mass is 340 g/mol. The number of hydrogen-bond acceptors (Lipinski definition) is 5. The number of nitrogens with one attached hydrogen (secondary N) is 1. The Balaban J connectivity index is 1.82. The average Bonchev–Trinajstić information content (AvgIpc) is 3.05. The van der Waals surface area contributed by atoms with E-state index >= 15 is 0 Å². The van der Waals surface area contributed by atoms with Gasteiger partial charge in [0, 0.05) is 27.2 Å². The van der Waals surface area contributed by atoms with Crippen LogP contribution in [0.1, 0.15) is 0 Å². The highest BCUT2D eigenvalue weighted by Gasteiger charge is 2.14. The van der Waals surface area contributed by atoms with Gasteiger partial charge in [-0.15, -0.1) is 0 Å². The quantitative estimate of drug-likeness (QED) is 0.776. The van der Waals surface area contributed by atoms with Gasteiger partial charge in [-0.05, 0) is 30.3 Å². The van der Waals surface area contributed by atoms with Gasteiger partial charge in [-0.1, -0.05) is 6.08 Å². The molecule has 0 radical (unpaired) electrons. The van der Waals surface area contributed by atoms with Crippen LogP contribution in [-0.2, 0) is 10.8 Å². The topological polar surface area (TPSA) is 70.6 Å². The molecule has 1 N–H and O–H groups in total. The number of methoxy groups -OCH3 is 1. The molecule has 1 unspecified atom stereocenters. The summed E-state index contributed by atoms with van der Waals surface area (Å²) in [6.45, 7) is 0.636. The molecule has 7 heteroatoms. The average molecular weight is 340 g/mol. The second-order valence-electron chi connectivity index (χ2n) is 5.50. The van der Waals surface area contributed by atoms with Gasteiger partial charge in [0.1, 0.15) is 11.4 Å². The summed E-state index contributed by atoms with van der Waals surface area (Å²) in [7, 11) is 0.557. The number of ether oxygens (including phenoxy) is 1. The summed E-state index contributed by atoms with van der Waals surface area (Å²) in [6, 6.07) is 9.55. The number of hydrogen-bond donors (Lipinski definition) is 1. The molecule has 1 aromatic heterocycles. The number of anilines is 1. The van der Waals surface area contributed by atoms with Crippen molar-refractivity contribution in [1.29, 1.82) is 0 Å². The molecule has 2 aromatic carbocycles. The molecule has 2 heterocycles. The zero-order chi connectivity index (χ0) is 16.7. The molecule has 1 aliphatic heterocycles. The Bertz CT molecular complexity index is 1070. The standard InChI is InChI=1S/C17H16N4O2S/c1-23-17-8-12(24(2)22)3-4-16(17)21-6-5-11-7-14-15(19-10-18-14)9-13(11)20-21/h3-5,7-10H,6H2,1-2H3,(H,18,19). The lowest BCUT2D eigenvalue weighted by Gasteiger charge is -2.22. The number of benzene rings is 2. The van der Waals surface area contributed by atoms with E-state index in [9.17, 15) is 4.21 Å². The molecule has 0 aliphatic carbocycles. The van der Waals surface area contributed by atoms with Crippen LogP contribution in [-0.4, -0.2) is 34.1 Å². The van der Waals surface area contributed by atoms with E-state index in [4.69, 9.17) is 9.84 Å². The second-order valence-corrected chi connectivity index (χ2v) is 6.88. The SMILES string of the molecule is COc1cc(S(C)=O)ccc1N1CC=c2cc3[nH]cnc3cc2=N1. The van der Waals surface area contributed by atoms with Crippen molar-refractivity contribution < 1.29 is 8.95 Å². The lowest BCUT2D eigenvalue weighted by Crippen LogP contribution is -2.36. The molecule has 0 saturated carbocycles. The third kappa shape index (κ3) is 2.46. The fourth-order valence-corrected chi connectivity index (χ4v) is 3.33. The predicted octanol–water partition coefficient (Wildman–Crippen LogP) is 1.14. The summed E-state index contributed by atoms with van der Waals surface area (Å²) < 4.78 is 17.1. The minimum absolute atomic E-state index is 0.636. The molecule has 0 bridgehead atoms. The number of aromatic nitrogens is 2. The molecule has 0 spiro atoms. The van der Waals surface area contributed by atoms with Crippen molar-refractivity contribution >= 4 is 33.6 Å². The van der Waals surface area contributed by atoms with Gasteiger partial charge in [0.25, 0.3) is 0 Å². The zero-order valence-corrected chi connectivity index (χ0v) is 14.1. The maximum Gasteiger partial charge on any atom is 0.145 e. The number of aromatic amines is 1. The van der Waals surface area contributed by atoms with Crippen LogP contribution in [0, 0.1) is 0 Å². The van der Waals surface area contributed by atoms with Crippen molar-refractivity contribution in [3.8, 4) is 5.75 Å². The van der Waals surface area contributed by atoms with Crippen LogP contribution >= 0.6 is 0 Å². The van der Waals surface area contributed by atoms with Crippen LogP contribution in [0.5, 0.6) is 5.75 Å². The Morgan fingerprint density at radius 2 is 2.17 bits per heavy atom. The third-order valence-electron chi connectivity index (χ3n) is 4.04. The molecular formula is C17H16N4O2S. The molecule has 0 fully saturated rings. The fourth-order valence-electron chi connectivity index (χ4n) is 2.80. The number of fused-ring (bicyclic) bond motifs is 2. The van der Waals surface area contributed by atoms with Crippen LogP contribution in [0.4, 0.5) is 5.69 Å². The lowest BCUT2D eigenvalue weighted by molar-refractivity contribution is 0.413. The zero-order valence-electron chi connectivity index (χ0n) is 13.3. The minimum atomic E-state index is -1.05. The van der Waals surface area contributed by atoms with Crippen molar-refractivity contribution in [2.24, 2.45) is 5.10 Å². The van der Waals surface area contributed by atoms with Crippen LogP contribution in [0.3, 0.4) is 0 Å². The second kappa shape index (κ2) is 5.76. The molecule has 1 aliphatic rings. The Morgan fingerprint density at radius 3 is 2.96 bits per heavy atom. The van der Waals surface area contributed by atoms with Gasteiger partial charge < -0.3 is 9.72 Å². The van der Waals surface area contributed by atoms with E-state index in [0.29, 0.717) is 12.3 Å². The van der Waals surface area contributed by atoms with Crippen molar-refractivity contribution in [1.82, 2.24) is 9.97 Å². The molecule has 6 nitrogen and oxygen atoms in total. The van der Waals surface area contributed by atoms with E-state index in [2.05, 4.69) is 22.1 Å². The van der Waals surface area contributed by atoms with Gasteiger partial charge >= 0.3 is 0 Å². The van der Waals surface area contributed by atoms with Gasteiger partial charge in [-0.3, -0.25) is 9.22 Å². The lowest BCUT2D eigenvalue weighted by atomic mass is 10.2. The largest absolute Gasteiger partial charge is 0.494 e. The first kappa shape index (κ1) is 14.9. The summed E-state index contributed by atoms with van der Waals surface area (Å²) in [5.74, 6) is 0.657. The van der Waals surface area contributed by atoms with E-state index in [-0.39, 0.29) is 0 Å². The van der Waals surface area contributed by atoms with Crippen LogP contribution in [0.2, 0.25) is 0 Å². The van der Waals surface area contributed by atoms with Crippen molar-refractivity contribution in [2.45, 2.75) is 4.90 Å². The first-order valence-electron chi connectivity index (χ1n) is 7.46.